The second-order valence-electron chi connectivity index (χ2n) is 6.98. The molecule has 0 radical (unpaired) electrons. The molecule has 25 heavy (non-hydrogen) atoms. The third-order valence-electron chi connectivity index (χ3n) is 5.09. The third-order valence-corrected chi connectivity index (χ3v) is 5.09. The van der Waals surface area contributed by atoms with Gasteiger partial charge in [-0.2, -0.15) is 4.98 Å². The van der Waals surface area contributed by atoms with E-state index in [1.165, 1.54) is 25.7 Å². The first-order valence-electron chi connectivity index (χ1n) is 9.31. The lowest BCUT2D eigenvalue weighted by molar-refractivity contribution is 0.633. The summed E-state index contributed by atoms with van der Waals surface area (Å²) in [6, 6.07) is 8.70. The van der Waals surface area contributed by atoms with E-state index in [9.17, 15) is 0 Å². The number of pyridine rings is 1. The summed E-state index contributed by atoms with van der Waals surface area (Å²) in [6.45, 7) is 5.78. The van der Waals surface area contributed by atoms with Gasteiger partial charge in [0.05, 0.1) is 0 Å². The van der Waals surface area contributed by atoms with Gasteiger partial charge >= 0.3 is 0 Å². The Bertz CT molecular complexity index is 690. The zero-order valence-electron chi connectivity index (χ0n) is 14.9. The fourth-order valence-corrected chi connectivity index (χ4v) is 3.72. The number of nitrogens with zero attached hydrogens (tertiary/aromatic N) is 5. The molecule has 1 saturated carbocycles. The molecule has 0 unspecified atom stereocenters. The molecule has 2 fully saturated rings. The summed E-state index contributed by atoms with van der Waals surface area (Å²) in [4.78, 5) is 18.5. The van der Waals surface area contributed by atoms with Crippen molar-refractivity contribution in [1.29, 1.82) is 0 Å². The molecule has 6 heteroatoms. The molecule has 0 bridgehead atoms. The highest BCUT2D eigenvalue weighted by Crippen LogP contribution is 2.23. The molecule has 1 aliphatic carbocycles. The standard InChI is InChI=1S/C19H26N6/c1-15-14-17(22-16-6-2-3-7-16)23-19(21-15)25-12-10-24(11-13-25)18-8-4-5-9-20-18/h4-5,8-9,14,16H,2-3,6-7,10-13H2,1H3,(H,21,22,23). The van der Waals surface area contributed by atoms with Crippen molar-refractivity contribution in [3.63, 3.8) is 0 Å². The van der Waals surface area contributed by atoms with Crippen molar-refractivity contribution >= 4 is 17.6 Å². The quantitative estimate of drug-likeness (QED) is 0.925. The van der Waals surface area contributed by atoms with Crippen LogP contribution in [0.15, 0.2) is 30.5 Å². The first-order chi connectivity index (χ1) is 12.3. The van der Waals surface area contributed by atoms with Gasteiger partial charge in [-0.3, -0.25) is 0 Å². The van der Waals surface area contributed by atoms with Crippen molar-refractivity contribution in [1.82, 2.24) is 15.0 Å². The fourth-order valence-electron chi connectivity index (χ4n) is 3.72. The van der Waals surface area contributed by atoms with Crippen molar-refractivity contribution in [3.05, 3.63) is 36.2 Å². The number of aromatic nitrogens is 3. The zero-order chi connectivity index (χ0) is 17.1. The molecule has 132 valence electrons. The van der Waals surface area contributed by atoms with Crippen molar-refractivity contribution in [2.24, 2.45) is 0 Å². The Morgan fingerprint density at radius 1 is 1.00 bits per heavy atom. The highest BCUT2D eigenvalue weighted by Gasteiger charge is 2.21. The minimum atomic E-state index is 0.572. The highest BCUT2D eigenvalue weighted by atomic mass is 15.3. The Labute approximate surface area is 149 Å². The molecule has 2 aliphatic rings. The van der Waals surface area contributed by atoms with E-state index in [2.05, 4.69) is 44.1 Å². The Morgan fingerprint density at radius 3 is 2.48 bits per heavy atom. The second kappa shape index (κ2) is 7.25. The number of aryl methyl sites for hydroxylation is 1. The van der Waals surface area contributed by atoms with E-state index in [-0.39, 0.29) is 0 Å². The summed E-state index contributed by atoms with van der Waals surface area (Å²) in [5, 5.41) is 3.60. The number of nitrogens with one attached hydrogen (secondary N) is 1. The summed E-state index contributed by atoms with van der Waals surface area (Å²) >= 11 is 0. The first-order valence-corrected chi connectivity index (χ1v) is 9.31. The molecule has 1 saturated heterocycles. The van der Waals surface area contributed by atoms with Crippen LogP contribution in [0, 0.1) is 6.92 Å². The van der Waals surface area contributed by atoms with Gasteiger partial charge in [0.2, 0.25) is 5.95 Å². The molecule has 6 nitrogen and oxygen atoms in total. The van der Waals surface area contributed by atoms with Crippen LogP contribution in [0.4, 0.5) is 17.6 Å². The highest BCUT2D eigenvalue weighted by molar-refractivity contribution is 5.46. The molecule has 2 aromatic rings. The van der Waals surface area contributed by atoms with Crippen molar-refractivity contribution < 1.29 is 0 Å². The number of hydrogen-bond donors (Lipinski definition) is 1. The van der Waals surface area contributed by atoms with E-state index < -0.39 is 0 Å². The number of hydrogen-bond acceptors (Lipinski definition) is 6. The molecule has 1 aliphatic heterocycles. The van der Waals surface area contributed by atoms with E-state index in [0.717, 1.165) is 49.5 Å². The lowest BCUT2D eigenvalue weighted by Gasteiger charge is -2.35. The normalized spacial score (nSPS) is 18.6. The van der Waals surface area contributed by atoms with Gasteiger partial charge in [0.15, 0.2) is 0 Å². The maximum Gasteiger partial charge on any atom is 0.227 e. The van der Waals surface area contributed by atoms with E-state index in [1.54, 1.807) is 0 Å². The molecule has 0 amide bonds. The average Bonchev–Trinajstić information content (AvgIpc) is 3.15. The number of piperazine rings is 1. The van der Waals surface area contributed by atoms with Crippen LogP contribution in [0.25, 0.3) is 0 Å². The lowest BCUT2D eigenvalue weighted by atomic mass is 10.2. The zero-order valence-corrected chi connectivity index (χ0v) is 14.9. The molecule has 0 atom stereocenters. The summed E-state index contributed by atoms with van der Waals surface area (Å²) in [5.74, 6) is 2.87. The molecule has 0 spiro atoms. The van der Waals surface area contributed by atoms with Crippen LogP contribution in [0.2, 0.25) is 0 Å². The molecule has 1 N–H and O–H groups in total. The Hall–Kier alpha value is -2.37. The van der Waals surface area contributed by atoms with Gasteiger partial charge in [0.25, 0.3) is 0 Å². The van der Waals surface area contributed by atoms with E-state index in [4.69, 9.17) is 4.98 Å². The van der Waals surface area contributed by atoms with Crippen LogP contribution >= 0.6 is 0 Å². The summed E-state index contributed by atoms with van der Waals surface area (Å²) in [5.41, 5.74) is 1.03. The van der Waals surface area contributed by atoms with Gasteiger partial charge in [-0.15, -0.1) is 0 Å². The molecule has 2 aromatic heterocycles. The van der Waals surface area contributed by atoms with E-state index in [1.807, 2.05) is 18.3 Å². The average molecular weight is 338 g/mol. The Morgan fingerprint density at radius 2 is 1.76 bits per heavy atom. The van der Waals surface area contributed by atoms with Crippen LogP contribution in [-0.2, 0) is 0 Å². The van der Waals surface area contributed by atoms with Gasteiger partial charge < -0.3 is 15.1 Å². The number of anilines is 3. The van der Waals surface area contributed by atoms with Crippen LogP contribution in [0.3, 0.4) is 0 Å². The van der Waals surface area contributed by atoms with E-state index >= 15 is 0 Å². The smallest absolute Gasteiger partial charge is 0.227 e. The van der Waals surface area contributed by atoms with Gasteiger partial charge in [-0.05, 0) is 31.9 Å². The topological polar surface area (TPSA) is 57.2 Å². The van der Waals surface area contributed by atoms with Crippen LogP contribution in [-0.4, -0.2) is 47.2 Å². The van der Waals surface area contributed by atoms with E-state index in [0.29, 0.717) is 6.04 Å². The van der Waals surface area contributed by atoms with Crippen molar-refractivity contribution in [2.45, 2.75) is 38.6 Å². The van der Waals surface area contributed by atoms with Crippen molar-refractivity contribution in [3.8, 4) is 0 Å². The Kier molecular flexibility index (Phi) is 4.68. The van der Waals surface area contributed by atoms with Crippen LogP contribution in [0.5, 0.6) is 0 Å². The molecule has 4 rings (SSSR count). The van der Waals surface area contributed by atoms with Gasteiger partial charge in [-0.25, -0.2) is 9.97 Å². The second-order valence-corrected chi connectivity index (χ2v) is 6.98. The van der Waals surface area contributed by atoms with Crippen LogP contribution < -0.4 is 15.1 Å². The monoisotopic (exact) mass is 338 g/mol. The minimum absolute atomic E-state index is 0.572. The fraction of sp³-hybridized carbons (Fsp3) is 0.526. The Balaban J connectivity index is 1.42. The molecular weight excluding hydrogens is 312 g/mol. The predicted molar refractivity (Wildman–Crippen MR) is 101 cm³/mol. The minimum Gasteiger partial charge on any atom is -0.367 e. The molecule has 3 heterocycles. The maximum absolute atomic E-state index is 4.79. The van der Waals surface area contributed by atoms with Crippen molar-refractivity contribution in [2.75, 3.05) is 41.3 Å². The maximum atomic E-state index is 4.79. The number of rotatable bonds is 4. The predicted octanol–water partition coefficient (Wildman–Crippen LogP) is 2.86. The van der Waals surface area contributed by atoms with Crippen LogP contribution in [0.1, 0.15) is 31.4 Å². The SMILES string of the molecule is Cc1cc(NC2CCCC2)nc(N2CCN(c3ccccn3)CC2)n1. The van der Waals surface area contributed by atoms with Gasteiger partial charge in [0.1, 0.15) is 11.6 Å². The molecule has 0 aromatic carbocycles. The third kappa shape index (κ3) is 3.83. The molecular formula is C19H26N6. The first kappa shape index (κ1) is 16.1. The summed E-state index contributed by atoms with van der Waals surface area (Å²) in [7, 11) is 0. The summed E-state index contributed by atoms with van der Waals surface area (Å²) in [6.07, 6.45) is 7.00. The largest absolute Gasteiger partial charge is 0.367 e. The van der Waals surface area contributed by atoms with Gasteiger partial charge in [0, 0.05) is 50.2 Å². The van der Waals surface area contributed by atoms with Gasteiger partial charge in [-0.1, -0.05) is 18.9 Å². The summed E-state index contributed by atoms with van der Waals surface area (Å²) < 4.78 is 0. The lowest BCUT2D eigenvalue weighted by Crippen LogP contribution is -2.47.